The molecule has 3 rings (SSSR count). The highest BCUT2D eigenvalue weighted by atomic mass is 35.5. The summed E-state index contributed by atoms with van der Waals surface area (Å²) in [6.45, 7) is -0.695. The molecule has 3 aromatic rings. The van der Waals surface area contributed by atoms with Gasteiger partial charge in [0.1, 0.15) is 18.3 Å². The molecule has 33 heavy (non-hydrogen) atoms. The Morgan fingerprint density at radius 2 is 1.91 bits per heavy atom. The van der Waals surface area contributed by atoms with Crippen LogP contribution in [0.15, 0.2) is 47.4 Å². The van der Waals surface area contributed by atoms with Crippen LogP contribution < -0.4 is 20.3 Å². The predicted molar refractivity (Wildman–Crippen MR) is 108 cm³/mol. The van der Waals surface area contributed by atoms with Crippen molar-refractivity contribution in [2.75, 3.05) is 12.4 Å². The summed E-state index contributed by atoms with van der Waals surface area (Å²) in [5.74, 6) is -2.54. The van der Waals surface area contributed by atoms with Crippen molar-refractivity contribution >= 4 is 23.2 Å². The molecule has 1 heterocycles. The number of ether oxygens (including phenoxy) is 2. The summed E-state index contributed by atoms with van der Waals surface area (Å²) in [4.78, 5) is 24.6. The molecule has 0 aliphatic rings. The SMILES string of the molecule is COc1cc(F)ccc1Oc1cc(C(F)(F)F)c(Cl)cc1C(=O)Nc1cnn(CO)c(=O)c1. The number of alkyl halides is 3. The van der Waals surface area contributed by atoms with Crippen molar-refractivity contribution in [1.82, 2.24) is 9.78 Å². The fourth-order valence-electron chi connectivity index (χ4n) is 2.68. The minimum Gasteiger partial charge on any atom is -0.493 e. The first-order valence-corrected chi connectivity index (χ1v) is 9.32. The smallest absolute Gasteiger partial charge is 0.417 e. The lowest BCUT2D eigenvalue weighted by Crippen LogP contribution is -2.23. The molecule has 2 N–H and O–H groups in total. The fourth-order valence-corrected chi connectivity index (χ4v) is 2.95. The summed E-state index contributed by atoms with van der Waals surface area (Å²) >= 11 is 5.76. The minimum absolute atomic E-state index is 0.101. The van der Waals surface area contributed by atoms with Gasteiger partial charge in [0.15, 0.2) is 11.5 Å². The summed E-state index contributed by atoms with van der Waals surface area (Å²) in [5, 5.41) is 14.1. The number of carbonyl (C=O) groups is 1. The minimum atomic E-state index is -4.87. The third-order valence-electron chi connectivity index (χ3n) is 4.23. The summed E-state index contributed by atoms with van der Waals surface area (Å²) in [5.41, 5.74) is -2.54. The van der Waals surface area contributed by atoms with Gasteiger partial charge in [0, 0.05) is 12.1 Å². The highest BCUT2D eigenvalue weighted by Gasteiger charge is 2.35. The molecular weight excluding hydrogens is 474 g/mol. The van der Waals surface area contributed by atoms with Gasteiger partial charge < -0.3 is 19.9 Å². The largest absolute Gasteiger partial charge is 0.493 e. The first-order chi connectivity index (χ1) is 15.5. The van der Waals surface area contributed by atoms with Gasteiger partial charge in [-0.2, -0.15) is 18.3 Å². The summed E-state index contributed by atoms with van der Waals surface area (Å²) in [6, 6.07) is 5.24. The average Bonchev–Trinajstić information content (AvgIpc) is 2.75. The zero-order valence-electron chi connectivity index (χ0n) is 16.6. The molecule has 0 saturated heterocycles. The molecule has 1 aromatic heterocycles. The number of rotatable bonds is 6. The second kappa shape index (κ2) is 9.46. The molecule has 0 aliphatic carbocycles. The van der Waals surface area contributed by atoms with Crippen molar-refractivity contribution in [3.05, 3.63) is 74.9 Å². The van der Waals surface area contributed by atoms with Crippen molar-refractivity contribution in [2.45, 2.75) is 12.9 Å². The second-order valence-corrected chi connectivity index (χ2v) is 6.81. The fraction of sp³-hybridized carbons (Fsp3) is 0.150. The van der Waals surface area contributed by atoms with Gasteiger partial charge >= 0.3 is 6.18 Å². The third-order valence-corrected chi connectivity index (χ3v) is 4.54. The summed E-state index contributed by atoms with van der Waals surface area (Å²) in [7, 11) is 1.19. The molecule has 0 bridgehead atoms. The van der Waals surface area contributed by atoms with E-state index in [0.717, 1.165) is 36.5 Å². The molecule has 13 heteroatoms. The Balaban J connectivity index is 2.06. The Labute approximate surface area is 187 Å². The van der Waals surface area contributed by atoms with Crippen LogP contribution in [0.25, 0.3) is 0 Å². The Hall–Kier alpha value is -3.64. The lowest BCUT2D eigenvalue weighted by atomic mass is 10.1. The average molecular weight is 488 g/mol. The van der Waals surface area contributed by atoms with Gasteiger partial charge in [0.05, 0.1) is 35.1 Å². The van der Waals surface area contributed by atoms with Crippen molar-refractivity contribution in [3.63, 3.8) is 0 Å². The number of aromatic nitrogens is 2. The monoisotopic (exact) mass is 487 g/mol. The molecule has 0 saturated carbocycles. The van der Waals surface area contributed by atoms with Crippen LogP contribution >= 0.6 is 11.6 Å². The van der Waals surface area contributed by atoms with Crippen LogP contribution in [0.5, 0.6) is 17.2 Å². The van der Waals surface area contributed by atoms with E-state index in [1.807, 2.05) is 0 Å². The van der Waals surface area contributed by atoms with Crippen LogP contribution in [0.1, 0.15) is 15.9 Å². The number of nitrogens with zero attached hydrogens (tertiary/aromatic N) is 2. The first-order valence-electron chi connectivity index (χ1n) is 8.95. The zero-order chi connectivity index (χ0) is 24.3. The molecular formula is C20H14ClF4N3O5. The van der Waals surface area contributed by atoms with Crippen LogP contribution in [0.2, 0.25) is 5.02 Å². The number of methoxy groups -OCH3 is 1. The van der Waals surface area contributed by atoms with E-state index in [4.69, 9.17) is 26.2 Å². The Morgan fingerprint density at radius 1 is 1.18 bits per heavy atom. The topological polar surface area (TPSA) is 103 Å². The molecule has 0 fully saturated rings. The quantitative estimate of drug-likeness (QED) is 0.508. The molecule has 8 nitrogen and oxygen atoms in total. The van der Waals surface area contributed by atoms with Crippen LogP contribution in [0.3, 0.4) is 0 Å². The number of aliphatic hydroxyl groups is 1. The molecule has 0 radical (unpaired) electrons. The maximum absolute atomic E-state index is 13.5. The van der Waals surface area contributed by atoms with Crippen LogP contribution in [0.4, 0.5) is 23.2 Å². The molecule has 1 amide bonds. The Kier molecular flexibility index (Phi) is 6.89. The van der Waals surface area contributed by atoms with E-state index in [1.165, 1.54) is 7.11 Å². The van der Waals surface area contributed by atoms with Crippen molar-refractivity contribution in [1.29, 1.82) is 0 Å². The molecule has 0 atom stereocenters. The van der Waals surface area contributed by atoms with Gasteiger partial charge in [0.25, 0.3) is 11.5 Å². The lowest BCUT2D eigenvalue weighted by molar-refractivity contribution is -0.137. The number of carbonyl (C=O) groups excluding carboxylic acids is 1. The predicted octanol–water partition coefficient (Wildman–Crippen LogP) is 4.06. The van der Waals surface area contributed by atoms with Gasteiger partial charge in [-0.25, -0.2) is 9.07 Å². The van der Waals surface area contributed by atoms with Gasteiger partial charge in [0.2, 0.25) is 0 Å². The standard InChI is InChI=1S/C20H14ClF4N3O5/c1-32-17-4-10(22)2-3-15(17)33-16-7-13(20(23,24)25)14(21)6-12(16)19(31)27-11-5-18(30)28(9-29)26-8-11/h2-8,29H,9H2,1H3,(H,27,31). The number of aliphatic hydroxyl groups excluding tert-OH is 1. The van der Waals surface area contributed by atoms with E-state index in [9.17, 15) is 27.2 Å². The Bertz CT molecular complexity index is 1260. The van der Waals surface area contributed by atoms with E-state index in [0.29, 0.717) is 10.7 Å². The number of hydrogen-bond donors (Lipinski definition) is 2. The highest BCUT2D eigenvalue weighted by molar-refractivity contribution is 6.32. The molecule has 0 aliphatic heterocycles. The molecule has 0 spiro atoms. The van der Waals surface area contributed by atoms with Gasteiger partial charge in [-0.05, 0) is 24.3 Å². The first kappa shape index (κ1) is 24.0. The van der Waals surface area contributed by atoms with E-state index in [1.54, 1.807) is 0 Å². The van der Waals surface area contributed by atoms with Crippen LogP contribution in [-0.2, 0) is 12.9 Å². The van der Waals surface area contributed by atoms with Crippen molar-refractivity contribution in [3.8, 4) is 17.2 Å². The Morgan fingerprint density at radius 3 is 2.52 bits per heavy atom. The van der Waals surface area contributed by atoms with E-state index >= 15 is 0 Å². The molecule has 2 aromatic carbocycles. The number of halogens is 5. The maximum Gasteiger partial charge on any atom is 0.417 e. The normalized spacial score (nSPS) is 11.2. The second-order valence-electron chi connectivity index (χ2n) is 6.40. The number of amides is 1. The maximum atomic E-state index is 13.5. The van der Waals surface area contributed by atoms with Gasteiger partial charge in [-0.3, -0.25) is 9.59 Å². The number of nitrogens with one attached hydrogen (secondary N) is 1. The van der Waals surface area contributed by atoms with Gasteiger partial charge in [-0.1, -0.05) is 11.6 Å². The number of benzene rings is 2. The van der Waals surface area contributed by atoms with Gasteiger partial charge in [-0.15, -0.1) is 0 Å². The lowest BCUT2D eigenvalue weighted by Gasteiger charge is -2.17. The summed E-state index contributed by atoms with van der Waals surface area (Å²) < 4.78 is 64.7. The van der Waals surface area contributed by atoms with Crippen molar-refractivity contribution < 1.29 is 36.9 Å². The summed E-state index contributed by atoms with van der Waals surface area (Å²) in [6.07, 6.45) is -3.82. The van der Waals surface area contributed by atoms with E-state index in [2.05, 4.69) is 10.4 Å². The van der Waals surface area contributed by atoms with E-state index < -0.39 is 52.1 Å². The van der Waals surface area contributed by atoms with Crippen molar-refractivity contribution in [2.24, 2.45) is 0 Å². The number of anilines is 1. The molecule has 174 valence electrons. The third kappa shape index (κ3) is 5.41. The van der Waals surface area contributed by atoms with Crippen LogP contribution in [-0.4, -0.2) is 27.9 Å². The highest BCUT2D eigenvalue weighted by Crippen LogP contribution is 2.41. The molecule has 0 unspecified atom stereocenters. The van der Waals surface area contributed by atoms with E-state index in [-0.39, 0.29) is 17.2 Å². The van der Waals surface area contributed by atoms with Crippen LogP contribution in [0, 0.1) is 5.82 Å². The zero-order valence-corrected chi connectivity index (χ0v) is 17.4. The number of hydrogen-bond acceptors (Lipinski definition) is 6.